The number of cyclic esters (lactones) is 1. The van der Waals surface area contributed by atoms with E-state index in [4.69, 9.17) is 46.4 Å². The number of hydrogen-bond acceptors (Lipinski definition) is 19. The van der Waals surface area contributed by atoms with E-state index in [2.05, 4.69) is 15.0 Å². The van der Waals surface area contributed by atoms with E-state index in [9.17, 15) is 29.1 Å². The second kappa shape index (κ2) is 28.3. The minimum atomic E-state index is -1.18. The maximum Gasteiger partial charge on any atom is 0.335 e. The highest BCUT2D eigenvalue weighted by Crippen LogP contribution is 2.33. The molecule has 0 aromatic carbocycles. The van der Waals surface area contributed by atoms with Crippen LogP contribution < -0.4 is 0 Å². The third-order valence-electron chi connectivity index (χ3n) is 12.9. The molecule has 6 bridgehead atoms. The number of ketones is 1. The van der Waals surface area contributed by atoms with E-state index >= 15 is 0 Å². The zero-order valence-electron chi connectivity index (χ0n) is 42.9. The first kappa shape index (κ1) is 57.8. The van der Waals surface area contributed by atoms with Gasteiger partial charge in [0.25, 0.3) is 0 Å². The van der Waals surface area contributed by atoms with Gasteiger partial charge in [0, 0.05) is 72.8 Å². The Kier molecular flexibility index (Phi) is 23.0. The molecule has 4 rings (SSSR count). The Hall–Kier alpha value is -5.80. The van der Waals surface area contributed by atoms with Gasteiger partial charge in [0.05, 0.1) is 30.7 Å². The molecule has 1 N–H and O–H groups in total. The summed E-state index contributed by atoms with van der Waals surface area (Å²) in [6.07, 6.45) is 9.31. The first-order valence-electron chi connectivity index (χ1n) is 23.8. The molecule has 1 amide bonds. The van der Waals surface area contributed by atoms with Gasteiger partial charge in [-0.1, -0.05) is 52.8 Å². The number of carbonyl (C=O) groups is 5. The highest BCUT2D eigenvalue weighted by Gasteiger charge is 2.37. The number of amides is 1. The van der Waals surface area contributed by atoms with E-state index in [1.807, 2.05) is 33.8 Å². The number of aromatic nitrogens is 3. The Bertz CT molecular complexity index is 2250. The van der Waals surface area contributed by atoms with E-state index in [1.165, 1.54) is 57.0 Å². The Morgan fingerprint density at radius 2 is 1.54 bits per heavy atom. The van der Waals surface area contributed by atoms with Gasteiger partial charge in [0.2, 0.25) is 24.1 Å². The van der Waals surface area contributed by atoms with Gasteiger partial charge in [-0.15, -0.1) is 0 Å². The predicted octanol–water partition coefficient (Wildman–Crippen LogP) is 7.13. The summed E-state index contributed by atoms with van der Waals surface area (Å²) in [5.74, 6) is -3.77. The summed E-state index contributed by atoms with van der Waals surface area (Å²) in [5.41, 5.74) is 0.960. The van der Waals surface area contributed by atoms with Crippen molar-refractivity contribution in [1.29, 1.82) is 0 Å². The van der Waals surface area contributed by atoms with Gasteiger partial charge in [0.15, 0.2) is 23.3 Å². The molecule has 392 valence electrons. The minimum absolute atomic E-state index is 0.0177. The molecule has 0 unspecified atom stereocenters. The summed E-state index contributed by atoms with van der Waals surface area (Å²) in [7, 11) is 7.56. The minimum Gasteiger partial charge on any atom is -0.462 e. The van der Waals surface area contributed by atoms with E-state index in [-0.39, 0.29) is 60.2 Å². The molecule has 13 atom stereocenters. The van der Waals surface area contributed by atoms with E-state index in [0.29, 0.717) is 37.1 Å². The lowest BCUT2D eigenvalue weighted by molar-refractivity contribution is -0.170. The predicted molar refractivity (Wildman–Crippen MR) is 256 cm³/mol. The van der Waals surface area contributed by atoms with Crippen molar-refractivity contribution in [3.63, 3.8) is 0 Å². The quantitative estimate of drug-likeness (QED) is 0.0712. The van der Waals surface area contributed by atoms with Gasteiger partial charge in [0.1, 0.15) is 48.9 Å². The number of rotatable bonds is 19. The number of oxazole rings is 3. The maximum absolute atomic E-state index is 13.7. The zero-order chi connectivity index (χ0) is 52.4. The molecule has 3 aromatic rings. The van der Waals surface area contributed by atoms with Crippen molar-refractivity contribution in [2.24, 2.45) is 29.6 Å². The Morgan fingerprint density at radius 1 is 0.859 bits per heavy atom. The summed E-state index contributed by atoms with van der Waals surface area (Å²) in [6.45, 7) is 12.1. The number of allylic oxidation sites excluding steroid dienone is 1. The summed E-state index contributed by atoms with van der Waals surface area (Å²) in [4.78, 5) is 78.7. The number of fused-ring (bicyclic) bond motifs is 8. The van der Waals surface area contributed by atoms with E-state index in [1.54, 1.807) is 53.5 Å². The van der Waals surface area contributed by atoms with Gasteiger partial charge < -0.3 is 56.4 Å². The van der Waals surface area contributed by atoms with Crippen LogP contribution in [0.2, 0.25) is 0 Å². The van der Waals surface area contributed by atoms with E-state index < -0.39 is 84.5 Å². The summed E-state index contributed by atoms with van der Waals surface area (Å²) in [5, 5.41) is 11.0. The van der Waals surface area contributed by atoms with Crippen molar-refractivity contribution >= 4 is 36.2 Å². The van der Waals surface area contributed by atoms with Gasteiger partial charge in [-0.2, -0.15) is 0 Å². The number of nitrogens with zero attached hydrogens (tertiary/aromatic N) is 4. The summed E-state index contributed by atoms with van der Waals surface area (Å²) in [6, 6.07) is 0. The van der Waals surface area contributed by atoms with Crippen molar-refractivity contribution in [2.75, 3.05) is 35.5 Å². The van der Waals surface area contributed by atoms with Crippen molar-refractivity contribution < 1.29 is 75.5 Å². The molecule has 71 heavy (non-hydrogen) atoms. The highest BCUT2D eigenvalue weighted by molar-refractivity contribution is 5.92. The second-order valence-electron chi connectivity index (χ2n) is 18.2. The topological polar surface area (TPSA) is 252 Å². The molecular formula is C51H72N4O16. The van der Waals surface area contributed by atoms with Gasteiger partial charge >= 0.3 is 17.9 Å². The summed E-state index contributed by atoms with van der Waals surface area (Å²) >= 11 is 0. The molecule has 20 nitrogen and oxygen atoms in total. The fourth-order valence-corrected chi connectivity index (χ4v) is 8.33. The molecule has 0 saturated heterocycles. The molecule has 4 heterocycles. The lowest BCUT2D eigenvalue weighted by atomic mass is 9.83. The molecule has 3 aromatic heterocycles. The molecule has 0 radical (unpaired) electrons. The number of carbonyl (C=O) groups excluding carboxylic acids is 5. The molecular weight excluding hydrogens is 925 g/mol. The van der Waals surface area contributed by atoms with Crippen LogP contribution in [0.3, 0.4) is 0 Å². The zero-order valence-corrected chi connectivity index (χ0v) is 42.9. The third kappa shape index (κ3) is 16.9. The number of esters is 3. The molecule has 0 aliphatic carbocycles. The standard InChI is InChI=1S/C51H72N4O16/c1-29(19-20-42(71-51(61)34(6)62-9)33(5)47(69-35(7)57)30(2)21-22-55(8)28-56)43(64-11)24-44-32(4)41(63-10)17-14-18-45-52-38(26-66-45)49-54-39(27-68-49)50-53-37(25-67-50)48(65-12)31(3)40(59)16-13-15-36(58)23-46(60)70-44/h13-14,16,18,21-22,25-34,36,41-44,47-48,58H,15,17,19-20,23-24H2,1-12H3/b16-13+,18-14+,22-21+/t29-,30+,31-,32+,33-,34+,36-,41-,42+,43-,44-,47+,48-/m0/s1. The average molecular weight is 997 g/mol. The lowest BCUT2D eigenvalue weighted by Crippen LogP contribution is -2.41. The first-order valence-corrected chi connectivity index (χ1v) is 23.8. The van der Waals surface area contributed by atoms with Crippen LogP contribution in [0.1, 0.15) is 105 Å². The van der Waals surface area contributed by atoms with Crippen LogP contribution in [0.25, 0.3) is 29.2 Å². The van der Waals surface area contributed by atoms with Crippen molar-refractivity contribution in [3.05, 3.63) is 60.9 Å². The molecule has 20 heteroatoms. The summed E-state index contributed by atoms with van der Waals surface area (Å²) < 4.78 is 58.1. The van der Waals surface area contributed by atoms with Crippen molar-refractivity contribution in [3.8, 4) is 23.2 Å². The van der Waals surface area contributed by atoms with Crippen molar-refractivity contribution in [2.45, 2.75) is 136 Å². The number of aliphatic hydroxyl groups excluding tert-OH is 1. The Balaban J connectivity index is 1.61. The SMILES string of the molecule is CO[C@H]1C/C=C/c2nc(co2)-c2nc(co2)-c2nc(co2)[C@@H](OC)[C@@H](C)C(=O)/C=C/C[C@H](O)CC(=O)O[C@@H](C[C@H](OC)[C@@H](C)CC[C@@H](OC(=O)[C@@H](C)OC)[C@H](C)[C@H](OC(C)=O)[C@H](C)/C=C/N(C)C=O)[C@@H]1C. The molecule has 0 spiro atoms. The fourth-order valence-electron chi connectivity index (χ4n) is 8.33. The number of hydrogen-bond donors (Lipinski definition) is 1. The van der Waals surface area contributed by atoms with Crippen LogP contribution in [-0.4, -0.2) is 133 Å². The van der Waals surface area contributed by atoms with Crippen LogP contribution in [0.15, 0.2) is 62.5 Å². The molecule has 0 saturated carbocycles. The highest BCUT2D eigenvalue weighted by atomic mass is 16.6. The van der Waals surface area contributed by atoms with Crippen LogP contribution in [0.5, 0.6) is 0 Å². The Morgan fingerprint density at radius 3 is 2.20 bits per heavy atom. The molecule has 0 fully saturated rings. The van der Waals surface area contributed by atoms with Crippen LogP contribution in [0, 0.1) is 29.6 Å². The smallest absolute Gasteiger partial charge is 0.335 e. The fraction of sp³-hybridized carbons (Fsp3) is 0.608. The monoisotopic (exact) mass is 996 g/mol. The lowest BCUT2D eigenvalue weighted by Gasteiger charge is -2.35. The van der Waals surface area contributed by atoms with Gasteiger partial charge in [-0.3, -0.25) is 19.2 Å². The largest absolute Gasteiger partial charge is 0.462 e. The first-order chi connectivity index (χ1) is 33.8. The third-order valence-corrected chi connectivity index (χ3v) is 12.9. The normalized spacial score (nSPS) is 24.5. The van der Waals surface area contributed by atoms with Gasteiger partial charge in [-0.05, 0) is 50.7 Å². The van der Waals surface area contributed by atoms with Gasteiger partial charge in [-0.25, -0.2) is 19.7 Å². The van der Waals surface area contributed by atoms with Crippen molar-refractivity contribution in [1.82, 2.24) is 19.9 Å². The second-order valence-corrected chi connectivity index (χ2v) is 18.2. The number of aliphatic hydroxyl groups is 1. The van der Waals surface area contributed by atoms with E-state index in [0.717, 1.165) is 0 Å². The van der Waals surface area contributed by atoms with Crippen LogP contribution >= 0.6 is 0 Å². The number of ether oxygens (including phenoxy) is 7. The van der Waals surface area contributed by atoms with Crippen LogP contribution in [0.4, 0.5) is 0 Å². The van der Waals surface area contributed by atoms with Crippen LogP contribution in [-0.2, 0) is 57.1 Å². The Labute approximate surface area is 415 Å². The number of methoxy groups -OCH3 is 4. The average Bonchev–Trinajstić information content (AvgIpc) is 4.15. The maximum atomic E-state index is 13.7. The molecule has 1 aliphatic rings. The molecule has 1 aliphatic heterocycles.